The first-order valence-corrected chi connectivity index (χ1v) is 8.54. The predicted molar refractivity (Wildman–Crippen MR) is 86.1 cm³/mol. The van der Waals surface area contributed by atoms with E-state index in [-0.39, 0.29) is 17.5 Å². The normalized spacial score (nSPS) is 22.7. The molecule has 3 rings (SSSR count). The molecule has 1 aromatic heterocycles. The fourth-order valence-electron chi connectivity index (χ4n) is 3.56. The summed E-state index contributed by atoms with van der Waals surface area (Å²) in [6, 6.07) is -0.333. The van der Waals surface area contributed by atoms with Gasteiger partial charge in [-0.15, -0.1) is 0 Å². The number of nitrogens with zero attached hydrogens (tertiary/aromatic N) is 3. The van der Waals surface area contributed by atoms with E-state index in [2.05, 4.69) is 20.8 Å². The van der Waals surface area contributed by atoms with E-state index in [4.69, 9.17) is 4.52 Å². The Hall–Kier alpha value is -1.96. The number of aryl methyl sites for hydroxylation is 1. The van der Waals surface area contributed by atoms with Gasteiger partial charge in [0.25, 0.3) is 5.91 Å². The van der Waals surface area contributed by atoms with Gasteiger partial charge in [-0.2, -0.15) is 4.98 Å². The molecule has 2 heterocycles. The summed E-state index contributed by atoms with van der Waals surface area (Å²) >= 11 is 0. The van der Waals surface area contributed by atoms with Crippen LogP contribution in [0, 0.1) is 6.92 Å². The van der Waals surface area contributed by atoms with E-state index in [0.29, 0.717) is 24.8 Å². The van der Waals surface area contributed by atoms with Crippen molar-refractivity contribution in [2.24, 2.45) is 0 Å². The molecule has 0 spiro atoms. The lowest BCUT2D eigenvalue weighted by Gasteiger charge is -2.35. The Balaban J connectivity index is 1.67. The molecule has 1 saturated heterocycles. The van der Waals surface area contributed by atoms with Gasteiger partial charge in [0, 0.05) is 20.0 Å². The average Bonchev–Trinajstić information content (AvgIpc) is 3.05. The highest BCUT2D eigenvalue weighted by Crippen LogP contribution is 2.35. The Kier molecular flexibility index (Phi) is 4.33. The summed E-state index contributed by atoms with van der Waals surface area (Å²) in [6.07, 6.45) is 5.24. The van der Waals surface area contributed by atoms with Gasteiger partial charge in [0.2, 0.25) is 5.89 Å². The molecule has 1 aromatic rings. The van der Waals surface area contributed by atoms with Crippen LogP contribution in [0.25, 0.3) is 0 Å². The number of nitrogens with one attached hydrogen (secondary N) is 2. The molecule has 0 radical (unpaired) electrons. The third kappa shape index (κ3) is 3.02. The SMILES string of the molecule is Cc1nc(C2(NCCN3C(=O)NC(C)(C)C3=O)CCCCC2)no1. The monoisotopic (exact) mass is 335 g/mol. The number of carbonyl (C=O) groups excluding carboxylic acids is 2. The van der Waals surface area contributed by atoms with Crippen LogP contribution in [0.4, 0.5) is 4.79 Å². The van der Waals surface area contributed by atoms with Crippen molar-refractivity contribution in [3.05, 3.63) is 11.7 Å². The van der Waals surface area contributed by atoms with Gasteiger partial charge in [-0.25, -0.2) is 4.79 Å². The van der Waals surface area contributed by atoms with Crippen LogP contribution in [0.15, 0.2) is 4.52 Å². The zero-order valence-electron chi connectivity index (χ0n) is 14.5. The van der Waals surface area contributed by atoms with Crippen molar-refractivity contribution in [1.29, 1.82) is 0 Å². The van der Waals surface area contributed by atoms with Gasteiger partial charge in [0.15, 0.2) is 5.82 Å². The van der Waals surface area contributed by atoms with E-state index in [0.717, 1.165) is 25.7 Å². The molecular formula is C16H25N5O3. The van der Waals surface area contributed by atoms with Crippen LogP contribution in [0.5, 0.6) is 0 Å². The van der Waals surface area contributed by atoms with E-state index in [9.17, 15) is 9.59 Å². The minimum atomic E-state index is -0.829. The third-order valence-electron chi connectivity index (χ3n) is 4.91. The maximum atomic E-state index is 12.2. The van der Waals surface area contributed by atoms with Crippen molar-refractivity contribution < 1.29 is 14.1 Å². The largest absolute Gasteiger partial charge is 0.340 e. The maximum Gasteiger partial charge on any atom is 0.325 e. The highest BCUT2D eigenvalue weighted by molar-refractivity contribution is 6.06. The zero-order chi connectivity index (χ0) is 17.4. The number of amides is 3. The van der Waals surface area contributed by atoms with Gasteiger partial charge >= 0.3 is 6.03 Å². The molecule has 0 bridgehead atoms. The lowest BCUT2D eigenvalue weighted by molar-refractivity contribution is -0.130. The van der Waals surface area contributed by atoms with Crippen molar-refractivity contribution in [2.45, 2.75) is 64.0 Å². The maximum absolute atomic E-state index is 12.2. The molecule has 1 saturated carbocycles. The van der Waals surface area contributed by atoms with Crippen molar-refractivity contribution in [2.75, 3.05) is 13.1 Å². The number of urea groups is 1. The number of hydrogen-bond donors (Lipinski definition) is 2. The van der Waals surface area contributed by atoms with Gasteiger partial charge < -0.3 is 15.2 Å². The number of carbonyl (C=O) groups is 2. The van der Waals surface area contributed by atoms with Crippen LogP contribution in [0.1, 0.15) is 57.7 Å². The Morgan fingerprint density at radius 2 is 1.96 bits per heavy atom. The van der Waals surface area contributed by atoms with Crippen LogP contribution in [0.3, 0.4) is 0 Å². The molecule has 8 nitrogen and oxygen atoms in total. The smallest absolute Gasteiger partial charge is 0.325 e. The summed E-state index contributed by atoms with van der Waals surface area (Å²) in [4.78, 5) is 29.9. The molecule has 1 aliphatic carbocycles. The zero-order valence-corrected chi connectivity index (χ0v) is 14.5. The molecule has 0 unspecified atom stereocenters. The van der Waals surface area contributed by atoms with Crippen LogP contribution in [-0.2, 0) is 10.3 Å². The van der Waals surface area contributed by atoms with Gasteiger partial charge in [0.1, 0.15) is 5.54 Å². The van der Waals surface area contributed by atoms with Gasteiger partial charge in [-0.3, -0.25) is 9.69 Å². The second-order valence-corrected chi connectivity index (χ2v) is 7.22. The minimum Gasteiger partial charge on any atom is -0.340 e. The average molecular weight is 335 g/mol. The van der Waals surface area contributed by atoms with Crippen LogP contribution in [-0.4, -0.2) is 45.6 Å². The molecule has 3 amide bonds. The van der Waals surface area contributed by atoms with Crippen LogP contribution in [0.2, 0.25) is 0 Å². The van der Waals surface area contributed by atoms with E-state index in [1.54, 1.807) is 20.8 Å². The molecule has 8 heteroatoms. The molecule has 24 heavy (non-hydrogen) atoms. The molecule has 2 fully saturated rings. The van der Waals surface area contributed by atoms with E-state index >= 15 is 0 Å². The summed E-state index contributed by atoms with van der Waals surface area (Å²) in [5.41, 5.74) is -1.16. The van der Waals surface area contributed by atoms with Gasteiger partial charge in [-0.05, 0) is 26.7 Å². The summed E-state index contributed by atoms with van der Waals surface area (Å²) in [6.45, 7) is 6.04. The number of rotatable bonds is 5. The first-order valence-electron chi connectivity index (χ1n) is 8.54. The molecule has 0 aromatic carbocycles. The van der Waals surface area contributed by atoms with Gasteiger partial charge in [-0.1, -0.05) is 24.4 Å². The predicted octanol–water partition coefficient (Wildman–Crippen LogP) is 1.46. The topological polar surface area (TPSA) is 100 Å². The van der Waals surface area contributed by atoms with E-state index in [1.165, 1.54) is 11.3 Å². The second-order valence-electron chi connectivity index (χ2n) is 7.22. The van der Waals surface area contributed by atoms with Crippen molar-refractivity contribution in [1.82, 2.24) is 25.7 Å². The molecule has 1 aliphatic heterocycles. The van der Waals surface area contributed by atoms with E-state index in [1.807, 2.05) is 0 Å². The highest BCUT2D eigenvalue weighted by Gasteiger charge is 2.44. The second kappa shape index (κ2) is 6.16. The lowest BCUT2D eigenvalue weighted by atomic mass is 9.81. The third-order valence-corrected chi connectivity index (χ3v) is 4.91. The summed E-state index contributed by atoms with van der Waals surface area (Å²) in [5.74, 6) is 1.03. The fraction of sp³-hybridized carbons (Fsp3) is 0.750. The lowest BCUT2D eigenvalue weighted by Crippen LogP contribution is -2.48. The molecular weight excluding hydrogens is 310 g/mol. The van der Waals surface area contributed by atoms with Crippen molar-refractivity contribution >= 4 is 11.9 Å². The number of hydrogen-bond acceptors (Lipinski definition) is 6. The molecule has 2 aliphatic rings. The number of imide groups is 1. The molecule has 0 atom stereocenters. The quantitative estimate of drug-likeness (QED) is 0.790. The van der Waals surface area contributed by atoms with Gasteiger partial charge in [0.05, 0.1) is 5.54 Å². The minimum absolute atomic E-state index is 0.192. The Morgan fingerprint density at radius 3 is 2.50 bits per heavy atom. The van der Waals surface area contributed by atoms with Crippen LogP contribution >= 0.6 is 0 Å². The first kappa shape index (κ1) is 16.9. The van der Waals surface area contributed by atoms with Crippen LogP contribution < -0.4 is 10.6 Å². The number of aromatic nitrogens is 2. The van der Waals surface area contributed by atoms with Crippen molar-refractivity contribution in [3.63, 3.8) is 0 Å². The molecule has 2 N–H and O–H groups in total. The standard InChI is InChI=1S/C16H25N5O3/c1-11-18-12(20-24-11)16(7-5-4-6-8-16)17-9-10-21-13(22)15(2,3)19-14(21)23/h17H,4-10H2,1-3H3,(H,19,23). The fourth-order valence-corrected chi connectivity index (χ4v) is 3.56. The summed E-state index contributed by atoms with van der Waals surface area (Å²) in [7, 11) is 0. The first-order chi connectivity index (χ1) is 11.3. The Labute approximate surface area is 141 Å². The Morgan fingerprint density at radius 1 is 1.25 bits per heavy atom. The molecule has 132 valence electrons. The van der Waals surface area contributed by atoms with E-state index < -0.39 is 5.54 Å². The highest BCUT2D eigenvalue weighted by atomic mass is 16.5. The summed E-state index contributed by atoms with van der Waals surface area (Å²) < 4.78 is 5.15. The summed E-state index contributed by atoms with van der Waals surface area (Å²) in [5, 5.41) is 10.3. The van der Waals surface area contributed by atoms with Crippen molar-refractivity contribution in [3.8, 4) is 0 Å². The Bertz CT molecular complexity index is 633.